The number of hydrogen-bond donors (Lipinski definition) is 0. The van der Waals surface area contributed by atoms with Gasteiger partial charge in [0, 0.05) is 142 Å². The summed E-state index contributed by atoms with van der Waals surface area (Å²) in [6, 6.07) is 115. The average molecular weight is 1850 g/mol. The van der Waals surface area contributed by atoms with Crippen LogP contribution in [-0.2, 0) is 81.7 Å². The standard InChI is InChI=1S/C27H20N2O.3C11H8N.2C9H7N2.Al.2Ir.Pd.Pt.H/c30-24-19-11-10-18-23(24)27-28-25(20-12-4-1-5-13-20)26(21-14-6-2-7-15-21)29(27)22-16-8-3-9-17-22;3*1-2-6-10(7-3-1)11-8-4-5-9-12-11;2*1-2-5-9(6-3-1)11-8-4-7-10-11;;;;;;/h1-19,30H;3*1-6,8-9H;2*1-5,7-8H;;;;;;/q;5*-1;+1;;;;;/p-1. The summed E-state index contributed by atoms with van der Waals surface area (Å²) in [6.45, 7) is 0. The van der Waals surface area contributed by atoms with Crippen molar-refractivity contribution in [2.24, 2.45) is 0 Å². The Kier molecular flexibility index (Phi) is 32.1. The Morgan fingerprint density at radius 2 is 0.731 bits per heavy atom. The number of pyridine rings is 3. The molecule has 0 N–H and O–H groups in total. The van der Waals surface area contributed by atoms with Crippen LogP contribution in [0.15, 0.2) is 347 Å². The third-order valence-corrected chi connectivity index (χ3v) is 13.4. The molecule has 93 heavy (non-hydrogen) atoms. The Balaban J connectivity index is 0.000000187. The van der Waals surface area contributed by atoms with E-state index in [-0.39, 0.29) is 81.7 Å². The van der Waals surface area contributed by atoms with Gasteiger partial charge in [0.2, 0.25) is 0 Å². The van der Waals surface area contributed by atoms with E-state index in [0.29, 0.717) is 0 Å². The van der Waals surface area contributed by atoms with E-state index in [9.17, 15) is 0 Å². The van der Waals surface area contributed by atoms with Crippen LogP contribution in [0.5, 0.6) is 5.75 Å². The molecule has 0 saturated carbocycles. The SMILES string of the molecule is [AlH][O]c1ccccc1-c1nc(-c2ccccc2)c(-c2ccccc2)n1-c1ccccc1.[Ir].[Ir].[Pd].[Pt].[c-]1ccccc1-c1ccccn1.[c-]1ccccc1-c1ccccn1.[c-]1ccccc1-c1ccccn1.[c-]1ccccc1-n1cccn1.[c-]1ccccc1-n1cccn1. The molecule has 0 aliphatic heterocycles. The number of benzene rings is 9. The van der Waals surface area contributed by atoms with Crippen molar-refractivity contribution < 1.29 is 85.5 Å². The number of rotatable bonds is 10. The van der Waals surface area contributed by atoms with Crippen LogP contribution in [0.4, 0.5) is 0 Å². The Labute approximate surface area is 608 Å². The van der Waals surface area contributed by atoms with Crippen molar-refractivity contribution in [3.63, 3.8) is 0 Å². The van der Waals surface area contributed by atoms with Gasteiger partial charge in [-0.3, -0.25) is 13.9 Å². The molecule has 0 amide bonds. The van der Waals surface area contributed by atoms with Gasteiger partial charge in [-0.15, -0.1) is 120 Å². The van der Waals surface area contributed by atoms with Gasteiger partial charge in [0.05, 0.1) is 22.7 Å². The van der Waals surface area contributed by atoms with Crippen LogP contribution in [0.1, 0.15) is 0 Å². The van der Waals surface area contributed by atoms with Crippen molar-refractivity contribution in [1.82, 2.24) is 44.1 Å². The van der Waals surface area contributed by atoms with E-state index in [4.69, 9.17) is 8.77 Å². The predicted molar refractivity (Wildman–Crippen MR) is 358 cm³/mol. The minimum Gasteiger partial charge on any atom is -0.650 e. The molecule has 15 rings (SSSR count). The summed E-state index contributed by atoms with van der Waals surface area (Å²) in [5.41, 5.74) is 14.2. The summed E-state index contributed by atoms with van der Waals surface area (Å²) in [7, 11) is 0. The molecule has 0 atom stereocenters. The number of para-hydroxylation sites is 4. The molecule has 15 heteroatoms. The first-order chi connectivity index (χ1) is 44.2. The van der Waals surface area contributed by atoms with Gasteiger partial charge >= 0.3 is 16.6 Å². The maximum absolute atomic E-state index is 5.73. The molecular weight excluding hydrogens is 1790 g/mol. The molecule has 0 aliphatic carbocycles. The third kappa shape index (κ3) is 21.8. The van der Waals surface area contributed by atoms with E-state index in [2.05, 4.69) is 139 Å². The van der Waals surface area contributed by atoms with Crippen molar-refractivity contribution in [3.8, 4) is 90.5 Å². The van der Waals surface area contributed by atoms with Gasteiger partial charge in [0.25, 0.3) is 0 Å². The second-order valence-corrected chi connectivity index (χ2v) is 19.3. The van der Waals surface area contributed by atoms with Crippen LogP contribution in [0.25, 0.3) is 84.7 Å². The zero-order valence-electron chi connectivity index (χ0n) is 49.8. The van der Waals surface area contributed by atoms with Crippen LogP contribution in [0.3, 0.4) is 0 Å². The Morgan fingerprint density at radius 1 is 0.355 bits per heavy atom. The molecule has 10 nitrogen and oxygen atoms in total. The topological polar surface area (TPSA) is 101 Å². The Bertz CT molecular complexity index is 4000. The van der Waals surface area contributed by atoms with Crippen LogP contribution in [0.2, 0.25) is 0 Å². The van der Waals surface area contributed by atoms with Gasteiger partial charge in [-0.2, -0.15) is 58.7 Å². The molecule has 3 radical (unpaired) electrons. The summed E-state index contributed by atoms with van der Waals surface area (Å²) in [4.78, 5) is 17.9. The summed E-state index contributed by atoms with van der Waals surface area (Å²) < 4.78 is 11.5. The maximum Gasteiger partial charge on any atom is 0.494 e. The second-order valence-electron chi connectivity index (χ2n) is 19.0. The van der Waals surface area contributed by atoms with Crippen LogP contribution in [-0.4, -0.2) is 60.7 Å². The van der Waals surface area contributed by atoms with Crippen molar-refractivity contribution in [2.45, 2.75) is 0 Å². The molecule has 0 spiro atoms. The van der Waals surface area contributed by atoms with E-state index in [1.165, 1.54) is 16.6 Å². The quantitative estimate of drug-likeness (QED) is 0.0993. The van der Waals surface area contributed by atoms with Crippen LogP contribution < -0.4 is 3.79 Å². The van der Waals surface area contributed by atoms with Gasteiger partial charge in [0.15, 0.2) is 0 Å². The van der Waals surface area contributed by atoms with Crippen molar-refractivity contribution in [1.29, 1.82) is 0 Å². The van der Waals surface area contributed by atoms with Gasteiger partial charge in [-0.25, -0.2) is 4.98 Å². The van der Waals surface area contributed by atoms with Crippen LogP contribution >= 0.6 is 0 Å². The molecule has 6 heterocycles. The summed E-state index contributed by atoms with van der Waals surface area (Å²) in [5.74, 6) is 1.66. The molecule has 467 valence electrons. The molecule has 15 aromatic rings. The third-order valence-electron chi connectivity index (χ3n) is 13.1. The number of imidazole rings is 1. The first-order valence-electron chi connectivity index (χ1n) is 28.6. The minimum absolute atomic E-state index is 0. The van der Waals surface area contributed by atoms with E-state index in [0.717, 1.165) is 90.5 Å². The average Bonchev–Trinajstić information content (AvgIpc) is 1.66. The first-order valence-corrected chi connectivity index (χ1v) is 29.2. The molecule has 0 fully saturated rings. The first kappa shape index (κ1) is 73.1. The number of nitrogens with zero attached hydrogens (tertiary/aromatic N) is 9. The summed E-state index contributed by atoms with van der Waals surface area (Å²) >= 11 is 1.48. The normalized spacial score (nSPS) is 9.63. The van der Waals surface area contributed by atoms with Crippen molar-refractivity contribution in [3.05, 3.63) is 377 Å². The van der Waals surface area contributed by atoms with E-state index in [1.807, 2.05) is 237 Å². The van der Waals surface area contributed by atoms with Crippen molar-refractivity contribution in [2.75, 3.05) is 0 Å². The summed E-state index contributed by atoms with van der Waals surface area (Å²) in [6.07, 6.45) is 12.7. The zero-order valence-corrected chi connectivity index (χ0v) is 59.9. The second kappa shape index (κ2) is 40.8. The fourth-order valence-corrected chi connectivity index (χ4v) is 9.22. The Hall–Kier alpha value is -8.96. The summed E-state index contributed by atoms with van der Waals surface area (Å²) in [5, 5.41) is 8.14. The predicted octanol–water partition coefficient (Wildman–Crippen LogP) is 17.0. The maximum atomic E-state index is 5.73. The van der Waals surface area contributed by atoms with E-state index < -0.39 is 0 Å². The molecule has 9 aromatic carbocycles. The van der Waals surface area contributed by atoms with Crippen LogP contribution in [0, 0.1) is 30.3 Å². The number of hydrogen-bond acceptors (Lipinski definition) is 7. The van der Waals surface area contributed by atoms with Gasteiger partial charge in [0.1, 0.15) is 5.82 Å². The molecule has 0 saturated heterocycles. The molecule has 6 aromatic heterocycles. The largest absolute Gasteiger partial charge is 0.650 e. The molecular formula is C78H58AlIr2N9OPdPt-5. The van der Waals surface area contributed by atoms with Crippen molar-refractivity contribution >= 4 is 16.6 Å². The fraction of sp³-hybridized carbons (Fsp3) is 0. The fourth-order valence-electron chi connectivity index (χ4n) is 8.97. The minimum atomic E-state index is 0. The molecule has 0 unspecified atom stereocenters. The van der Waals surface area contributed by atoms with E-state index in [1.54, 1.807) is 40.3 Å². The monoisotopic (exact) mass is 1850 g/mol. The van der Waals surface area contributed by atoms with E-state index >= 15 is 0 Å². The smallest absolute Gasteiger partial charge is 0.494 e. The number of aromatic nitrogens is 9. The van der Waals surface area contributed by atoms with Gasteiger partial charge in [-0.1, -0.05) is 127 Å². The molecule has 0 bridgehead atoms. The Morgan fingerprint density at radius 3 is 1.10 bits per heavy atom. The molecule has 0 aliphatic rings. The zero-order chi connectivity index (χ0) is 60.8. The van der Waals surface area contributed by atoms with Gasteiger partial charge in [-0.05, 0) is 83.1 Å². The van der Waals surface area contributed by atoms with Gasteiger partial charge < -0.3 is 18.7 Å².